The van der Waals surface area contributed by atoms with Crippen LogP contribution in [0.15, 0.2) is 0 Å². The molecule has 1 atom stereocenters. The van der Waals surface area contributed by atoms with Crippen molar-refractivity contribution in [3.05, 3.63) is 0 Å². The molecule has 14 heavy (non-hydrogen) atoms. The number of rotatable bonds is 4. The molecule has 1 heterocycles. The SMILES string of the molecule is CCOC(=O)CNC(=O)C1CCCO1. The predicted molar refractivity (Wildman–Crippen MR) is 48.6 cm³/mol. The Labute approximate surface area is 82.8 Å². The van der Waals surface area contributed by atoms with E-state index in [4.69, 9.17) is 4.74 Å². The van der Waals surface area contributed by atoms with Crippen LogP contribution >= 0.6 is 0 Å². The molecule has 1 amide bonds. The van der Waals surface area contributed by atoms with Crippen molar-refractivity contribution in [2.45, 2.75) is 25.9 Å². The number of nitrogens with one attached hydrogen (secondary N) is 1. The van der Waals surface area contributed by atoms with Gasteiger partial charge in [-0.3, -0.25) is 9.59 Å². The maximum Gasteiger partial charge on any atom is 0.325 e. The normalized spacial score (nSPS) is 20.5. The molecule has 0 aliphatic carbocycles. The Hall–Kier alpha value is -1.10. The molecule has 0 bridgehead atoms. The number of amides is 1. The first-order valence-electron chi connectivity index (χ1n) is 4.79. The van der Waals surface area contributed by atoms with Crippen LogP contribution in [0.1, 0.15) is 19.8 Å². The Morgan fingerprint density at radius 2 is 2.36 bits per heavy atom. The Kier molecular flexibility index (Phi) is 4.39. The molecule has 0 spiro atoms. The van der Waals surface area contributed by atoms with Crippen LogP contribution in [0.4, 0.5) is 0 Å². The highest BCUT2D eigenvalue weighted by Gasteiger charge is 2.23. The van der Waals surface area contributed by atoms with E-state index in [1.807, 2.05) is 0 Å². The van der Waals surface area contributed by atoms with E-state index in [0.717, 1.165) is 12.8 Å². The first-order chi connectivity index (χ1) is 6.74. The highest BCUT2D eigenvalue weighted by Crippen LogP contribution is 2.11. The second kappa shape index (κ2) is 5.59. The lowest BCUT2D eigenvalue weighted by molar-refractivity contribution is -0.144. The summed E-state index contributed by atoms with van der Waals surface area (Å²) < 4.78 is 9.80. The molecule has 5 nitrogen and oxygen atoms in total. The van der Waals surface area contributed by atoms with Gasteiger partial charge >= 0.3 is 5.97 Å². The maximum atomic E-state index is 11.3. The molecule has 1 unspecified atom stereocenters. The van der Waals surface area contributed by atoms with Gasteiger partial charge in [0, 0.05) is 6.61 Å². The van der Waals surface area contributed by atoms with Gasteiger partial charge in [0.15, 0.2) is 0 Å². The lowest BCUT2D eigenvalue weighted by atomic mass is 10.2. The van der Waals surface area contributed by atoms with Crippen molar-refractivity contribution >= 4 is 11.9 Å². The molecule has 0 aromatic rings. The van der Waals surface area contributed by atoms with Crippen molar-refractivity contribution in [1.29, 1.82) is 0 Å². The number of ether oxygens (including phenoxy) is 2. The molecule has 1 aliphatic rings. The molecule has 0 aromatic carbocycles. The van der Waals surface area contributed by atoms with Crippen LogP contribution < -0.4 is 5.32 Å². The van der Waals surface area contributed by atoms with Crippen LogP contribution in [0, 0.1) is 0 Å². The number of hydrogen-bond acceptors (Lipinski definition) is 4. The van der Waals surface area contributed by atoms with Gasteiger partial charge in [-0.05, 0) is 19.8 Å². The van der Waals surface area contributed by atoms with Crippen molar-refractivity contribution < 1.29 is 19.1 Å². The van der Waals surface area contributed by atoms with Crippen LogP contribution in [-0.2, 0) is 19.1 Å². The Morgan fingerprint density at radius 3 is 2.93 bits per heavy atom. The Morgan fingerprint density at radius 1 is 1.57 bits per heavy atom. The number of carbonyl (C=O) groups is 2. The third-order valence-corrected chi connectivity index (χ3v) is 1.93. The average molecular weight is 201 g/mol. The molecule has 1 saturated heterocycles. The van der Waals surface area contributed by atoms with Gasteiger partial charge in [0.05, 0.1) is 6.61 Å². The van der Waals surface area contributed by atoms with Gasteiger partial charge in [0.1, 0.15) is 12.6 Å². The first kappa shape index (κ1) is 11.0. The molecule has 1 fully saturated rings. The lowest BCUT2D eigenvalue weighted by Crippen LogP contribution is -2.37. The maximum absolute atomic E-state index is 11.3. The predicted octanol–water partition coefficient (Wildman–Crippen LogP) is -0.155. The van der Waals surface area contributed by atoms with Crippen LogP contribution in [0.25, 0.3) is 0 Å². The van der Waals surface area contributed by atoms with Crippen LogP contribution in [-0.4, -0.2) is 37.7 Å². The van der Waals surface area contributed by atoms with E-state index in [-0.39, 0.29) is 18.6 Å². The summed E-state index contributed by atoms with van der Waals surface area (Å²) in [6.07, 6.45) is 1.25. The number of carbonyl (C=O) groups excluding carboxylic acids is 2. The smallest absolute Gasteiger partial charge is 0.325 e. The zero-order chi connectivity index (χ0) is 10.4. The first-order valence-corrected chi connectivity index (χ1v) is 4.79. The summed E-state index contributed by atoms with van der Waals surface area (Å²) in [4.78, 5) is 22.2. The van der Waals surface area contributed by atoms with Gasteiger partial charge in [0.25, 0.3) is 0 Å². The minimum atomic E-state index is -0.418. The second-order valence-corrected chi connectivity index (χ2v) is 3.02. The van der Waals surface area contributed by atoms with Crippen LogP contribution in [0.5, 0.6) is 0 Å². The Balaban J connectivity index is 2.17. The van der Waals surface area contributed by atoms with Crippen molar-refractivity contribution in [3.8, 4) is 0 Å². The minimum Gasteiger partial charge on any atom is -0.465 e. The highest BCUT2D eigenvalue weighted by atomic mass is 16.5. The van der Waals surface area contributed by atoms with E-state index in [9.17, 15) is 9.59 Å². The summed E-state index contributed by atoms with van der Waals surface area (Å²) in [6.45, 7) is 2.60. The van der Waals surface area contributed by atoms with Crippen molar-refractivity contribution in [2.24, 2.45) is 0 Å². The van der Waals surface area contributed by atoms with E-state index in [1.165, 1.54) is 0 Å². The van der Waals surface area contributed by atoms with E-state index < -0.39 is 5.97 Å². The van der Waals surface area contributed by atoms with Crippen molar-refractivity contribution in [2.75, 3.05) is 19.8 Å². The number of esters is 1. The largest absolute Gasteiger partial charge is 0.465 e. The topological polar surface area (TPSA) is 64.6 Å². The molecule has 0 aromatic heterocycles. The monoisotopic (exact) mass is 201 g/mol. The Bertz CT molecular complexity index is 211. The average Bonchev–Trinajstić information content (AvgIpc) is 2.67. The van der Waals surface area contributed by atoms with Gasteiger partial charge in [-0.2, -0.15) is 0 Å². The van der Waals surface area contributed by atoms with E-state index in [0.29, 0.717) is 13.2 Å². The zero-order valence-corrected chi connectivity index (χ0v) is 8.25. The van der Waals surface area contributed by atoms with E-state index in [1.54, 1.807) is 6.92 Å². The van der Waals surface area contributed by atoms with Crippen molar-refractivity contribution in [1.82, 2.24) is 5.32 Å². The van der Waals surface area contributed by atoms with E-state index >= 15 is 0 Å². The van der Waals surface area contributed by atoms with Gasteiger partial charge in [0.2, 0.25) is 5.91 Å². The summed E-state index contributed by atoms with van der Waals surface area (Å²) >= 11 is 0. The van der Waals surface area contributed by atoms with Gasteiger partial charge in [-0.15, -0.1) is 0 Å². The molecule has 1 N–H and O–H groups in total. The zero-order valence-electron chi connectivity index (χ0n) is 8.25. The molecule has 0 saturated carbocycles. The molecule has 0 radical (unpaired) electrons. The standard InChI is InChI=1S/C9H15NO4/c1-2-13-8(11)6-10-9(12)7-4-3-5-14-7/h7H,2-6H2,1H3,(H,10,12). The molecular weight excluding hydrogens is 186 g/mol. The summed E-state index contributed by atoms with van der Waals surface area (Å²) in [5.74, 6) is -0.644. The summed E-state index contributed by atoms with van der Waals surface area (Å²) in [5.41, 5.74) is 0. The molecule has 5 heteroatoms. The second-order valence-electron chi connectivity index (χ2n) is 3.02. The fraction of sp³-hybridized carbons (Fsp3) is 0.778. The lowest BCUT2D eigenvalue weighted by Gasteiger charge is -2.09. The summed E-state index contributed by atoms with van der Waals surface area (Å²) in [7, 11) is 0. The van der Waals surface area contributed by atoms with Crippen LogP contribution in [0.3, 0.4) is 0 Å². The fourth-order valence-corrected chi connectivity index (χ4v) is 1.27. The molecule has 1 aliphatic heterocycles. The number of hydrogen-bond donors (Lipinski definition) is 1. The minimum absolute atomic E-state index is 0.0769. The van der Waals surface area contributed by atoms with Crippen LogP contribution in [0.2, 0.25) is 0 Å². The summed E-state index contributed by atoms with van der Waals surface area (Å²) in [6, 6.07) is 0. The van der Waals surface area contributed by atoms with Gasteiger partial charge in [-0.1, -0.05) is 0 Å². The third kappa shape index (κ3) is 3.33. The quantitative estimate of drug-likeness (QED) is 0.642. The molecule has 1 rings (SSSR count). The highest BCUT2D eigenvalue weighted by molar-refractivity contribution is 5.85. The molecule has 80 valence electrons. The third-order valence-electron chi connectivity index (χ3n) is 1.93. The fourth-order valence-electron chi connectivity index (χ4n) is 1.27. The van der Waals surface area contributed by atoms with Gasteiger partial charge in [-0.25, -0.2) is 0 Å². The summed E-state index contributed by atoms with van der Waals surface area (Å²) in [5, 5.41) is 2.47. The van der Waals surface area contributed by atoms with E-state index in [2.05, 4.69) is 10.1 Å². The van der Waals surface area contributed by atoms with Crippen molar-refractivity contribution in [3.63, 3.8) is 0 Å². The molecular formula is C9H15NO4. The van der Waals surface area contributed by atoms with Gasteiger partial charge < -0.3 is 14.8 Å².